The second-order valence-electron chi connectivity index (χ2n) is 15.1. The molecule has 0 aromatic heterocycles. The van der Waals surface area contributed by atoms with E-state index in [2.05, 4.69) is 54.5 Å². The first kappa shape index (κ1) is 23.9. The molecule has 0 amide bonds. The van der Waals surface area contributed by atoms with Crippen LogP contribution in [0.3, 0.4) is 0 Å². The fourth-order valence-corrected chi connectivity index (χ4v) is 10.9. The Hall–Kier alpha value is -0.830. The summed E-state index contributed by atoms with van der Waals surface area (Å²) in [5.74, 6) is 0.875. The number of rotatable bonds is 1. The highest BCUT2D eigenvalue weighted by atomic mass is 16.4. The third-order valence-electron chi connectivity index (χ3n) is 12.7. The van der Waals surface area contributed by atoms with Gasteiger partial charge in [-0.2, -0.15) is 0 Å². The molecule has 0 radical (unpaired) electrons. The maximum atomic E-state index is 12.8. The second-order valence-corrected chi connectivity index (χ2v) is 15.1. The van der Waals surface area contributed by atoms with E-state index >= 15 is 0 Å². The molecular weight excluding hydrogens is 408 g/mol. The number of hydrogen-bond donors (Lipinski definition) is 2. The standard InChI is InChI=1S/C30H48O3/c1-25(2)16-17-30(24(32)33)15-10-21-28(6)12-8-19-26(3,4)23(31)11-14-27(19,5)20(28)9-13-29(21,7)22(30)18-25/h10,19-20,22-23,31H,8-9,11-18H2,1-7H3,(H,32,33)/t19-,20+,22+,23-,27-,28+,29+,30+/m0/s1. The van der Waals surface area contributed by atoms with Gasteiger partial charge in [0.15, 0.2) is 0 Å². The lowest BCUT2D eigenvalue weighted by Gasteiger charge is -2.70. The van der Waals surface area contributed by atoms with Crippen LogP contribution >= 0.6 is 0 Å². The van der Waals surface area contributed by atoms with Crippen LogP contribution in [0.5, 0.6) is 0 Å². The van der Waals surface area contributed by atoms with E-state index in [0.29, 0.717) is 11.8 Å². The zero-order valence-electron chi connectivity index (χ0n) is 22.3. The number of aliphatic carboxylic acids is 1. The van der Waals surface area contributed by atoms with Crippen LogP contribution < -0.4 is 0 Å². The third-order valence-corrected chi connectivity index (χ3v) is 12.7. The van der Waals surface area contributed by atoms with Crippen LogP contribution in [0.4, 0.5) is 0 Å². The fraction of sp³-hybridized carbons (Fsp3) is 0.900. The van der Waals surface area contributed by atoms with Crippen molar-refractivity contribution >= 4 is 5.97 Å². The van der Waals surface area contributed by atoms with Gasteiger partial charge in [-0.25, -0.2) is 0 Å². The van der Waals surface area contributed by atoms with Crippen LogP contribution in [0.2, 0.25) is 0 Å². The van der Waals surface area contributed by atoms with Gasteiger partial charge in [0.05, 0.1) is 11.5 Å². The maximum Gasteiger partial charge on any atom is 0.310 e. The summed E-state index contributed by atoms with van der Waals surface area (Å²) in [6, 6.07) is 0. The van der Waals surface area contributed by atoms with E-state index < -0.39 is 11.4 Å². The van der Waals surface area contributed by atoms with Gasteiger partial charge >= 0.3 is 5.97 Å². The highest BCUT2D eigenvalue weighted by Crippen LogP contribution is 2.75. The lowest BCUT2D eigenvalue weighted by atomic mass is 9.34. The number of carbonyl (C=O) groups is 1. The van der Waals surface area contributed by atoms with Crippen molar-refractivity contribution in [2.24, 2.45) is 50.2 Å². The molecule has 5 aliphatic carbocycles. The van der Waals surface area contributed by atoms with Gasteiger partial charge in [-0.15, -0.1) is 0 Å². The first-order valence-corrected chi connectivity index (χ1v) is 13.8. The molecule has 3 nitrogen and oxygen atoms in total. The predicted octanol–water partition coefficient (Wildman–Crippen LogP) is 7.23. The van der Waals surface area contributed by atoms with Crippen LogP contribution in [0.1, 0.15) is 113 Å². The summed E-state index contributed by atoms with van der Waals surface area (Å²) in [4.78, 5) is 12.8. The zero-order valence-corrected chi connectivity index (χ0v) is 22.3. The molecule has 0 aromatic rings. The molecule has 186 valence electrons. The molecule has 3 heteroatoms. The summed E-state index contributed by atoms with van der Waals surface area (Å²) in [5.41, 5.74) is 1.64. The van der Waals surface area contributed by atoms with Crippen LogP contribution in [-0.2, 0) is 4.79 Å². The molecule has 8 atom stereocenters. The largest absolute Gasteiger partial charge is 0.481 e. The van der Waals surface area contributed by atoms with Gasteiger partial charge in [-0.1, -0.05) is 60.1 Å². The zero-order chi connectivity index (χ0) is 24.2. The normalized spacial score (nSPS) is 52.4. The number of hydrogen-bond acceptors (Lipinski definition) is 2. The van der Waals surface area contributed by atoms with Crippen molar-refractivity contribution in [3.05, 3.63) is 11.6 Å². The quantitative estimate of drug-likeness (QED) is 0.409. The second kappa shape index (κ2) is 6.89. The number of aliphatic hydroxyl groups is 1. The molecule has 0 spiro atoms. The van der Waals surface area contributed by atoms with E-state index in [1.165, 1.54) is 19.3 Å². The topological polar surface area (TPSA) is 57.5 Å². The van der Waals surface area contributed by atoms with Gasteiger partial charge in [0.25, 0.3) is 0 Å². The molecule has 0 aliphatic heterocycles. The molecule has 0 saturated heterocycles. The molecule has 5 rings (SSSR count). The van der Waals surface area contributed by atoms with Crippen LogP contribution in [0.15, 0.2) is 11.6 Å². The Balaban J connectivity index is 1.59. The highest BCUT2D eigenvalue weighted by molar-refractivity contribution is 5.76. The Bertz CT molecular complexity index is 885. The molecular formula is C30H48O3. The van der Waals surface area contributed by atoms with Gasteiger partial charge in [-0.05, 0) is 109 Å². The van der Waals surface area contributed by atoms with E-state index in [1.807, 2.05) is 0 Å². The first-order chi connectivity index (χ1) is 15.1. The van der Waals surface area contributed by atoms with Gasteiger partial charge in [0.1, 0.15) is 0 Å². The SMILES string of the molecule is CC1(C)CC[C@]2(C(=O)O)CC=C3[C@]4(C)CC[C@H]5C(C)(C)[C@@H](O)CC[C@]5(C)[C@H]4CC[C@@]3(C)[C@H]2C1. The van der Waals surface area contributed by atoms with E-state index in [9.17, 15) is 15.0 Å². The molecule has 4 saturated carbocycles. The van der Waals surface area contributed by atoms with E-state index in [-0.39, 0.29) is 39.1 Å². The number of carboxylic acid groups (broad SMARTS) is 1. The minimum atomic E-state index is -0.574. The molecule has 2 N–H and O–H groups in total. The summed E-state index contributed by atoms with van der Waals surface area (Å²) in [6.07, 6.45) is 12.6. The molecule has 0 bridgehead atoms. The molecule has 4 fully saturated rings. The third kappa shape index (κ3) is 2.93. The summed E-state index contributed by atoms with van der Waals surface area (Å²) in [7, 11) is 0. The number of carboxylic acids is 1. The fourth-order valence-electron chi connectivity index (χ4n) is 10.9. The molecule has 0 heterocycles. The molecule has 5 aliphatic rings. The van der Waals surface area contributed by atoms with Crippen molar-refractivity contribution in [2.75, 3.05) is 0 Å². The summed E-state index contributed by atoms with van der Waals surface area (Å²) >= 11 is 0. The smallest absolute Gasteiger partial charge is 0.310 e. The van der Waals surface area contributed by atoms with Crippen molar-refractivity contribution in [1.29, 1.82) is 0 Å². The van der Waals surface area contributed by atoms with Crippen molar-refractivity contribution in [3.8, 4) is 0 Å². The monoisotopic (exact) mass is 456 g/mol. The number of aliphatic hydroxyl groups excluding tert-OH is 1. The van der Waals surface area contributed by atoms with Gasteiger partial charge in [-0.3, -0.25) is 4.79 Å². The molecule has 0 unspecified atom stereocenters. The van der Waals surface area contributed by atoms with Crippen molar-refractivity contribution in [1.82, 2.24) is 0 Å². The van der Waals surface area contributed by atoms with Crippen molar-refractivity contribution in [3.63, 3.8) is 0 Å². The molecule has 0 aromatic carbocycles. The van der Waals surface area contributed by atoms with Crippen molar-refractivity contribution in [2.45, 2.75) is 119 Å². The van der Waals surface area contributed by atoms with Crippen LogP contribution in [0, 0.1) is 50.2 Å². The van der Waals surface area contributed by atoms with Gasteiger partial charge in [0, 0.05) is 0 Å². The minimum absolute atomic E-state index is 0.00747. The number of fused-ring (bicyclic) bond motifs is 7. The lowest BCUT2D eigenvalue weighted by Crippen LogP contribution is -2.64. The summed E-state index contributed by atoms with van der Waals surface area (Å²) < 4.78 is 0. The lowest BCUT2D eigenvalue weighted by molar-refractivity contribution is -0.189. The molecule has 33 heavy (non-hydrogen) atoms. The predicted molar refractivity (Wildman–Crippen MR) is 133 cm³/mol. The van der Waals surface area contributed by atoms with E-state index in [0.717, 1.165) is 44.9 Å². The number of allylic oxidation sites excluding steroid dienone is 2. The van der Waals surface area contributed by atoms with Crippen LogP contribution in [0.25, 0.3) is 0 Å². The van der Waals surface area contributed by atoms with Crippen LogP contribution in [-0.4, -0.2) is 22.3 Å². The Labute approximate surface area is 201 Å². The first-order valence-electron chi connectivity index (χ1n) is 13.8. The minimum Gasteiger partial charge on any atom is -0.481 e. The Morgan fingerprint density at radius 2 is 1.42 bits per heavy atom. The van der Waals surface area contributed by atoms with Gasteiger partial charge < -0.3 is 10.2 Å². The summed E-state index contributed by atoms with van der Waals surface area (Å²) in [6.45, 7) is 16.9. The Kier molecular flexibility index (Phi) is 4.99. The Morgan fingerprint density at radius 1 is 0.818 bits per heavy atom. The maximum absolute atomic E-state index is 12.8. The average molecular weight is 457 g/mol. The van der Waals surface area contributed by atoms with E-state index in [4.69, 9.17) is 0 Å². The average Bonchev–Trinajstić information content (AvgIpc) is 2.70. The highest BCUT2D eigenvalue weighted by Gasteiger charge is 2.68. The van der Waals surface area contributed by atoms with Crippen molar-refractivity contribution < 1.29 is 15.0 Å². The van der Waals surface area contributed by atoms with Gasteiger partial charge in [0.2, 0.25) is 0 Å². The van der Waals surface area contributed by atoms with E-state index in [1.54, 1.807) is 5.57 Å². The Morgan fingerprint density at radius 3 is 2.06 bits per heavy atom. The summed E-state index contributed by atoms with van der Waals surface area (Å²) in [5, 5.41) is 21.4.